The maximum atomic E-state index is 11.8. The van der Waals surface area contributed by atoms with Crippen molar-refractivity contribution < 1.29 is 9.32 Å². The molecular formula is C14H16N4O2. The lowest BCUT2D eigenvalue weighted by atomic mass is 9.85. The molecule has 1 saturated carbocycles. The highest BCUT2D eigenvalue weighted by Gasteiger charge is 2.25. The van der Waals surface area contributed by atoms with Crippen LogP contribution in [0.5, 0.6) is 0 Å². The summed E-state index contributed by atoms with van der Waals surface area (Å²) in [6, 6.07) is 5.40. The fraction of sp³-hybridized carbons (Fsp3) is 0.357. The van der Waals surface area contributed by atoms with Crippen molar-refractivity contribution >= 4 is 23.2 Å². The van der Waals surface area contributed by atoms with E-state index >= 15 is 0 Å². The third kappa shape index (κ3) is 2.79. The summed E-state index contributed by atoms with van der Waals surface area (Å²) in [4.78, 5) is 16.0. The summed E-state index contributed by atoms with van der Waals surface area (Å²) in [5, 5.41) is 9.73. The summed E-state index contributed by atoms with van der Waals surface area (Å²) < 4.78 is 4.96. The van der Waals surface area contributed by atoms with Gasteiger partial charge in [0.05, 0.1) is 11.9 Å². The number of carbonyl (C=O) groups excluding carboxylic acids is 1. The number of aryl methyl sites for hydroxylation is 1. The molecule has 2 heterocycles. The maximum absolute atomic E-state index is 11.8. The topological polar surface area (TPSA) is 80.0 Å². The van der Waals surface area contributed by atoms with Gasteiger partial charge in [-0.25, -0.2) is 4.98 Å². The van der Waals surface area contributed by atoms with Gasteiger partial charge in [-0.1, -0.05) is 11.6 Å². The van der Waals surface area contributed by atoms with Crippen LogP contribution in [-0.4, -0.2) is 16.0 Å². The van der Waals surface area contributed by atoms with E-state index in [-0.39, 0.29) is 11.8 Å². The minimum atomic E-state index is 0.0888. The molecule has 0 radical (unpaired) electrons. The van der Waals surface area contributed by atoms with Crippen molar-refractivity contribution in [1.29, 1.82) is 0 Å². The van der Waals surface area contributed by atoms with Gasteiger partial charge in [-0.3, -0.25) is 4.79 Å². The molecular weight excluding hydrogens is 256 g/mol. The second kappa shape index (κ2) is 5.32. The molecule has 20 heavy (non-hydrogen) atoms. The number of nitrogens with one attached hydrogen (secondary N) is 2. The highest BCUT2D eigenvalue weighted by molar-refractivity contribution is 5.92. The molecule has 1 aliphatic rings. The molecule has 1 amide bonds. The van der Waals surface area contributed by atoms with Gasteiger partial charge in [0.25, 0.3) is 0 Å². The predicted octanol–water partition coefficient (Wildman–Crippen LogP) is 2.86. The number of carbonyl (C=O) groups is 1. The molecule has 0 aliphatic heterocycles. The average molecular weight is 272 g/mol. The number of pyridine rings is 1. The molecule has 0 bridgehead atoms. The first-order valence-electron chi connectivity index (χ1n) is 6.68. The smallest absolute Gasteiger partial charge is 0.227 e. The zero-order chi connectivity index (χ0) is 13.9. The molecule has 0 aromatic carbocycles. The van der Waals surface area contributed by atoms with Crippen molar-refractivity contribution in [3.05, 3.63) is 30.2 Å². The highest BCUT2D eigenvalue weighted by atomic mass is 16.5. The van der Waals surface area contributed by atoms with Crippen LogP contribution < -0.4 is 10.6 Å². The molecule has 2 aromatic rings. The Balaban J connectivity index is 1.60. The molecule has 0 atom stereocenters. The van der Waals surface area contributed by atoms with Gasteiger partial charge in [0.1, 0.15) is 11.6 Å². The van der Waals surface area contributed by atoms with E-state index in [4.69, 9.17) is 4.52 Å². The van der Waals surface area contributed by atoms with Crippen LogP contribution in [0.1, 0.15) is 25.0 Å². The normalized spacial score (nSPS) is 14.7. The molecule has 6 nitrogen and oxygen atoms in total. The first kappa shape index (κ1) is 12.7. The van der Waals surface area contributed by atoms with E-state index in [0.29, 0.717) is 17.3 Å². The maximum Gasteiger partial charge on any atom is 0.227 e. The first-order chi connectivity index (χ1) is 9.70. The van der Waals surface area contributed by atoms with E-state index in [9.17, 15) is 4.79 Å². The Bertz CT molecular complexity index is 602. The van der Waals surface area contributed by atoms with E-state index in [1.165, 1.54) is 0 Å². The quantitative estimate of drug-likeness (QED) is 0.894. The van der Waals surface area contributed by atoms with Crippen molar-refractivity contribution in [3.8, 4) is 0 Å². The number of anilines is 3. The third-order valence-corrected chi connectivity index (χ3v) is 3.39. The van der Waals surface area contributed by atoms with Gasteiger partial charge in [0.2, 0.25) is 5.91 Å². The second-order valence-electron chi connectivity index (χ2n) is 5.00. The summed E-state index contributed by atoms with van der Waals surface area (Å²) >= 11 is 0. The minimum absolute atomic E-state index is 0.0888. The van der Waals surface area contributed by atoms with Crippen LogP contribution in [0.4, 0.5) is 17.3 Å². The molecule has 1 aliphatic carbocycles. The van der Waals surface area contributed by atoms with Gasteiger partial charge in [0.15, 0.2) is 5.82 Å². The van der Waals surface area contributed by atoms with Crippen molar-refractivity contribution in [3.63, 3.8) is 0 Å². The lowest BCUT2D eigenvalue weighted by Crippen LogP contribution is -2.28. The van der Waals surface area contributed by atoms with Crippen LogP contribution in [-0.2, 0) is 4.79 Å². The lowest BCUT2D eigenvalue weighted by Gasteiger charge is -2.23. The molecule has 104 valence electrons. The van der Waals surface area contributed by atoms with E-state index in [2.05, 4.69) is 20.8 Å². The fourth-order valence-electron chi connectivity index (χ4n) is 2.01. The number of amides is 1. The van der Waals surface area contributed by atoms with Crippen LogP contribution in [0.2, 0.25) is 0 Å². The van der Waals surface area contributed by atoms with Crippen LogP contribution >= 0.6 is 0 Å². The van der Waals surface area contributed by atoms with Crippen LogP contribution in [0.3, 0.4) is 0 Å². The van der Waals surface area contributed by atoms with Gasteiger partial charge < -0.3 is 15.2 Å². The van der Waals surface area contributed by atoms with Crippen LogP contribution in [0.25, 0.3) is 0 Å². The number of nitrogens with zero attached hydrogens (tertiary/aromatic N) is 2. The second-order valence-corrected chi connectivity index (χ2v) is 5.00. The van der Waals surface area contributed by atoms with Gasteiger partial charge in [0, 0.05) is 12.0 Å². The Morgan fingerprint density at radius 1 is 1.35 bits per heavy atom. The minimum Gasteiger partial charge on any atom is -0.360 e. The van der Waals surface area contributed by atoms with Crippen molar-refractivity contribution in [1.82, 2.24) is 10.1 Å². The number of hydrogen-bond donors (Lipinski definition) is 2. The lowest BCUT2D eigenvalue weighted by molar-refractivity contribution is -0.122. The van der Waals surface area contributed by atoms with E-state index in [0.717, 1.165) is 25.0 Å². The molecule has 2 N–H and O–H groups in total. The van der Waals surface area contributed by atoms with Crippen molar-refractivity contribution in [2.24, 2.45) is 5.92 Å². The largest absolute Gasteiger partial charge is 0.360 e. The number of hydrogen-bond acceptors (Lipinski definition) is 5. The van der Waals surface area contributed by atoms with E-state index in [1.54, 1.807) is 18.3 Å². The third-order valence-electron chi connectivity index (χ3n) is 3.39. The van der Waals surface area contributed by atoms with Crippen molar-refractivity contribution in [2.45, 2.75) is 26.2 Å². The molecule has 0 spiro atoms. The molecule has 0 unspecified atom stereocenters. The fourth-order valence-corrected chi connectivity index (χ4v) is 2.01. The summed E-state index contributed by atoms with van der Waals surface area (Å²) in [7, 11) is 0. The summed E-state index contributed by atoms with van der Waals surface area (Å²) in [6.45, 7) is 1.82. The molecule has 0 saturated heterocycles. The van der Waals surface area contributed by atoms with Gasteiger partial charge in [-0.2, -0.15) is 0 Å². The van der Waals surface area contributed by atoms with E-state index in [1.807, 2.05) is 13.0 Å². The van der Waals surface area contributed by atoms with E-state index < -0.39 is 0 Å². The Morgan fingerprint density at radius 3 is 2.75 bits per heavy atom. The molecule has 3 rings (SSSR count). The monoisotopic (exact) mass is 272 g/mol. The predicted molar refractivity (Wildman–Crippen MR) is 74.7 cm³/mol. The summed E-state index contributed by atoms with van der Waals surface area (Å²) in [5.74, 6) is 2.26. The molecule has 1 fully saturated rings. The average Bonchev–Trinajstić information content (AvgIpc) is 2.75. The summed E-state index contributed by atoms with van der Waals surface area (Å²) in [6.07, 6.45) is 4.76. The first-order valence-corrected chi connectivity index (χ1v) is 6.68. The Morgan fingerprint density at radius 2 is 2.20 bits per heavy atom. The van der Waals surface area contributed by atoms with Gasteiger partial charge >= 0.3 is 0 Å². The van der Waals surface area contributed by atoms with Crippen LogP contribution in [0, 0.1) is 12.8 Å². The zero-order valence-electron chi connectivity index (χ0n) is 11.2. The molecule has 2 aromatic heterocycles. The summed E-state index contributed by atoms with van der Waals surface area (Å²) in [5.41, 5.74) is 0.712. The van der Waals surface area contributed by atoms with Crippen LogP contribution in [0.15, 0.2) is 28.9 Å². The number of rotatable bonds is 4. The SMILES string of the molecule is Cc1cc(Nc2ccc(NC(=O)C3CCC3)cn2)no1. The zero-order valence-corrected chi connectivity index (χ0v) is 11.2. The molecule has 6 heteroatoms. The highest BCUT2D eigenvalue weighted by Crippen LogP contribution is 2.27. The van der Waals surface area contributed by atoms with Crippen molar-refractivity contribution in [2.75, 3.05) is 10.6 Å². The van der Waals surface area contributed by atoms with Gasteiger partial charge in [-0.05, 0) is 31.9 Å². The van der Waals surface area contributed by atoms with Gasteiger partial charge in [-0.15, -0.1) is 0 Å². The Labute approximate surface area is 116 Å². The standard InChI is InChI=1S/C14H16N4O2/c1-9-7-13(18-20-9)17-12-6-5-11(8-15-12)16-14(19)10-3-2-4-10/h5-8,10H,2-4H2,1H3,(H,16,19)(H,15,17,18). The Hall–Kier alpha value is -2.37. The Kier molecular flexibility index (Phi) is 3.37. The number of aromatic nitrogens is 2.